The third-order valence-corrected chi connectivity index (χ3v) is 2.61. The van der Waals surface area contributed by atoms with E-state index in [1.165, 1.54) is 12.8 Å². The minimum Gasteiger partial charge on any atom is -0.392 e. The van der Waals surface area contributed by atoms with Gasteiger partial charge in [-0.05, 0) is 12.5 Å². The molecule has 0 aliphatic carbocycles. The Hall–Kier alpha value is -1.42. The molecular formula is C13H20N2O2. The number of carbonyl (C=O) groups excluding carboxylic acids is 1. The minimum atomic E-state index is -0.0893. The number of nitrogens with zero attached hydrogens (tertiary/aromatic N) is 1. The number of aliphatic hydroxyl groups is 1. The van der Waals surface area contributed by atoms with Gasteiger partial charge in [0.1, 0.15) is 0 Å². The van der Waals surface area contributed by atoms with Crippen molar-refractivity contribution in [1.29, 1.82) is 0 Å². The van der Waals surface area contributed by atoms with E-state index in [-0.39, 0.29) is 12.5 Å². The number of amides is 1. The van der Waals surface area contributed by atoms with E-state index in [2.05, 4.69) is 17.2 Å². The van der Waals surface area contributed by atoms with Crippen LogP contribution in [0.4, 0.5) is 5.69 Å². The van der Waals surface area contributed by atoms with Crippen LogP contribution in [0.2, 0.25) is 0 Å². The third kappa shape index (κ3) is 4.95. The summed E-state index contributed by atoms with van der Waals surface area (Å²) in [5, 5.41) is 11.9. The molecule has 0 aliphatic heterocycles. The highest BCUT2D eigenvalue weighted by Gasteiger charge is 2.05. The average Bonchev–Trinajstić information content (AvgIpc) is 2.35. The molecule has 1 heterocycles. The maximum Gasteiger partial charge on any atom is 0.224 e. The van der Waals surface area contributed by atoms with Crippen LogP contribution in [-0.2, 0) is 11.4 Å². The van der Waals surface area contributed by atoms with Gasteiger partial charge < -0.3 is 10.4 Å². The molecule has 0 aliphatic rings. The molecule has 0 fully saturated rings. The monoisotopic (exact) mass is 236 g/mol. The molecule has 0 aromatic carbocycles. The molecule has 4 heteroatoms. The predicted molar refractivity (Wildman–Crippen MR) is 67.5 cm³/mol. The number of carbonyl (C=O) groups is 1. The van der Waals surface area contributed by atoms with Crippen LogP contribution >= 0.6 is 0 Å². The maximum absolute atomic E-state index is 11.6. The number of aromatic nitrogens is 1. The molecule has 2 N–H and O–H groups in total. The zero-order valence-corrected chi connectivity index (χ0v) is 10.3. The normalized spacial score (nSPS) is 10.2. The lowest BCUT2D eigenvalue weighted by Crippen LogP contribution is -2.12. The first-order valence-electron chi connectivity index (χ1n) is 6.11. The summed E-state index contributed by atoms with van der Waals surface area (Å²) >= 11 is 0. The maximum atomic E-state index is 11.6. The van der Waals surface area contributed by atoms with Gasteiger partial charge in [-0.15, -0.1) is 0 Å². The van der Waals surface area contributed by atoms with Crippen LogP contribution in [0.25, 0.3) is 0 Å². The molecule has 94 valence electrons. The van der Waals surface area contributed by atoms with Crippen molar-refractivity contribution in [2.45, 2.75) is 45.6 Å². The minimum absolute atomic E-state index is 0.0104. The molecule has 0 bridgehead atoms. The zero-order valence-electron chi connectivity index (χ0n) is 10.3. The van der Waals surface area contributed by atoms with Gasteiger partial charge in [-0.1, -0.05) is 26.2 Å². The second-order valence-electron chi connectivity index (χ2n) is 4.05. The van der Waals surface area contributed by atoms with Crippen LogP contribution in [0, 0.1) is 0 Å². The van der Waals surface area contributed by atoms with E-state index in [0.29, 0.717) is 17.7 Å². The fraction of sp³-hybridized carbons (Fsp3) is 0.538. The van der Waals surface area contributed by atoms with E-state index >= 15 is 0 Å². The van der Waals surface area contributed by atoms with Crippen LogP contribution in [0.15, 0.2) is 18.5 Å². The summed E-state index contributed by atoms with van der Waals surface area (Å²) in [5.41, 5.74) is 1.30. The van der Waals surface area contributed by atoms with Crippen LogP contribution < -0.4 is 5.32 Å². The summed E-state index contributed by atoms with van der Waals surface area (Å²) in [6, 6.07) is 1.70. The van der Waals surface area contributed by atoms with Crippen molar-refractivity contribution in [3.05, 3.63) is 24.0 Å². The highest BCUT2D eigenvalue weighted by molar-refractivity contribution is 5.91. The summed E-state index contributed by atoms with van der Waals surface area (Å²) in [4.78, 5) is 15.6. The SMILES string of the molecule is CCCCCCC(=O)Nc1cnccc1CO. The van der Waals surface area contributed by atoms with Crippen LogP contribution in [0.5, 0.6) is 0 Å². The largest absolute Gasteiger partial charge is 0.392 e. The highest BCUT2D eigenvalue weighted by atomic mass is 16.3. The highest BCUT2D eigenvalue weighted by Crippen LogP contribution is 2.14. The van der Waals surface area contributed by atoms with Crippen LogP contribution in [0.1, 0.15) is 44.6 Å². The standard InChI is InChI=1S/C13H20N2O2/c1-2-3-4-5-6-13(17)15-12-9-14-8-7-11(12)10-16/h7-9,16H,2-6,10H2,1H3,(H,15,17). The second-order valence-corrected chi connectivity index (χ2v) is 4.05. The lowest BCUT2D eigenvalue weighted by Gasteiger charge is -2.08. The smallest absolute Gasteiger partial charge is 0.224 e. The van der Waals surface area contributed by atoms with Gasteiger partial charge in [-0.3, -0.25) is 9.78 Å². The number of aliphatic hydroxyl groups excluding tert-OH is 1. The number of rotatable bonds is 7. The molecule has 1 amide bonds. The fourth-order valence-corrected chi connectivity index (χ4v) is 1.60. The second kappa shape index (κ2) is 7.79. The lowest BCUT2D eigenvalue weighted by atomic mass is 10.1. The van der Waals surface area contributed by atoms with Gasteiger partial charge in [0, 0.05) is 18.2 Å². The molecule has 17 heavy (non-hydrogen) atoms. The van der Waals surface area contributed by atoms with Gasteiger partial charge >= 0.3 is 0 Å². The molecular weight excluding hydrogens is 216 g/mol. The molecule has 0 unspecified atom stereocenters. The number of hydrogen-bond acceptors (Lipinski definition) is 3. The molecule has 1 aromatic rings. The fourth-order valence-electron chi connectivity index (χ4n) is 1.60. The Morgan fingerprint density at radius 1 is 1.41 bits per heavy atom. The quantitative estimate of drug-likeness (QED) is 0.715. The Balaban J connectivity index is 2.39. The first-order chi connectivity index (χ1) is 8.27. The average molecular weight is 236 g/mol. The van der Waals surface area contributed by atoms with Gasteiger partial charge in [-0.25, -0.2) is 0 Å². The zero-order chi connectivity index (χ0) is 12.5. The van der Waals surface area contributed by atoms with Crippen LogP contribution in [-0.4, -0.2) is 16.0 Å². The summed E-state index contributed by atoms with van der Waals surface area (Å²) in [6.45, 7) is 2.05. The first-order valence-corrected chi connectivity index (χ1v) is 6.11. The number of hydrogen-bond donors (Lipinski definition) is 2. The Bertz CT molecular complexity index is 353. The van der Waals surface area contributed by atoms with E-state index < -0.39 is 0 Å². The Morgan fingerprint density at radius 2 is 2.24 bits per heavy atom. The van der Waals surface area contributed by atoms with Crippen molar-refractivity contribution in [2.75, 3.05) is 5.32 Å². The number of nitrogens with one attached hydrogen (secondary N) is 1. The number of pyridine rings is 1. The molecule has 0 radical (unpaired) electrons. The molecule has 4 nitrogen and oxygen atoms in total. The van der Waals surface area contributed by atoms with Crippen molar-refractivity contribution in [3.63, 3.8) is 0 Å². The van der Waals surface area contributed by atoms with E-state index in [1.54, 1.807) is 18.5 Å². The Kier molecular flexibility index (Phi) is 6.25. The topological polar surface area (TPSA) is 62.2 Å². The third-order valence-electron chi connectivity index (χ3n) is 2.61. The van der Waals surface area contributed by atoms with Gasteiger partial charge in [0.15, 0.2) is 0 Å². The van der Waals surface area contributed by atoms with E-state index in [9.17, 15) is 4.79 Å². The molecule has 1 aromatic heterocycles. The molecule has 1 rings (SSSR count). The van der Waals surface area contributed by atoms with Crippen LogP contribution in [0.3, 0.4) is 0 Å². The van der Waals surface area contributed by atoms with E-state index in [0.717, 1.165) is 12.8 Å². The van der Waals surface area contributed by atoms with Crippen molar-refractivity contribution < 1.29 is 9.90 Å². The van der Waals surface area contributed by atoms with Gasteiger partial charge in [-0.2, -0.15) is 0 Å². The van der Waals surface area contributed by atoms with Crippen molar-refractivity contribution in [3.8, 4) is 0 Å². The molecule has 0 saturated heterocycles. The van der Waals surface area contributed by atoms with Gasteiger partial charge in [0.05, 0.1) is 18.5 Å². The molecule has 0 spiro atoms. The number of unbranched alkanes of at least 4 members (excludes halogenated alkanes) is 3. The molecule has 0 atom stereocenters. The predicted octanol–water partition coefficient (Wildman–Crippen LogP) is 2.48. The Morgan fingerprint density at radius 3 is 2.94 bits per heavy atom. The lowest BCUT2D eigenvalue weighted by molar-refractivity contribution is -0.116. The summed E-state index contributed by atoms with van der Waals surface area (Å²) in [5.74, 6) is -0.0104. The summed E-state index contributed by atoms with van der Waals surface area (Å²) in [7, 11) is 0. The van der Waals surface area contributed by atoms with E-state index in [4.69, 9.17) is 5.11 Å². The van der Waals surface area contributed by atoms with Gasteiger partial charge in [0.2, 0.25) is 5.91 Å². The van der Waals surface area contributed by atoms with E-state index in [1.807, 2.05) is 0 Å². The summed E-state index contributed by atoms with van der Waals surface area (Å²) in [6.07, 6.45) is 8.02. The van der Waals surface area contributed by atoms with Crippen molar-refractivity contribution >= 4 is 11.6 Å². The van der Waals surface area contributed by atoms with Gasteiger partial charge in [0.25, 0.3) is 0 Å². The number of anilines is 1. The molecule has 0 saturated carbocycles. The van der Waals surface area contributed by atoms with Crippen molar-refractivity contribution in [2.24, 2.45) is 0 Å². The first kappa shape index (κ1) is 13.6. The summed E-state index contributed by atoms with van der Waals surface area (Å²) < 4.78 is 0. The van der Waals surface area contributed by atoms with Crippen molar-refractivity contribution in [1.82, 2.24) is 4.98 Å². The Labute approximate surface area is 102 Å².